The van der Waals surface area contributed by atoms with Gasteiger partial charge < -0.3 is 20.5 Å². The van der Waals surface area contributed by atoms with Crippen LogP contribution in [0.3, 0.4) is 0 Å². The molecule has 0 aromatic heterocycles. The van der Waals surface area contributed by atoms with Crippen LogP contribution in [0.1, 0.15) is 27.2 Å². The molecule has 0 saturated carbocycles. The van der Waals surface area contributed by atoms with Crippen LogP contribution in [-0.2, 0) is 9.53 Å². The number of anilines is 2. The quantitative estimate of drug-likeness (QED) is 0.594. The fraction of sp³-hybridized carbons (Fsp3) is 0.500. The summed E-state index contributed by atoms with van der Waals surface area (Å²) in [6.07, 6.45) is 0.0749. The molecule has 0 atom stereocenters. The van der Waals surface area contributed by atoms with E-state index in [0.717, 1.165) is 0 Å². The van der Waals surface area contributed by atoms with Crippen LogP contribution in [0.4, 0.5) is 15.8 Å². The summed E-state index contributed by atoms with van der Waals surface area (Å²) in [5, 5.41) is 2.97. The molecule has 0 radical (unpaired) electrons. The molecule has 0 saturated heterocycles. The maximum absolute atomic E-state index is 13.6. The summed E-state index contributed by atoms with van der Waals surface area (Å²) in [6, 6.07) is 2.69. The van der Waals surface area contributed by atoms with Gasteiger partial charge in [-0.3, -0.25) is 4.79 Å². The lowest BCUT2D eigenvalue weighted by molar-refractivity contribution is -0.142. The molecule has 0 fully saturated rings. The molecular formula is C14H21FN2O3. The number of rotatable bonds is 7. The van der Waals surface area contributed by atoms with Crippen LogP contribution < -0.4 is 15.8 Å². The molecule has 0 amide bonds. The van der Waals surface area contributed by atoms with Gasteiger partial charge in [0.1, 0.15) is 0 Å². The zero-order valence-corrected chi connectivity index (χ0v) is 12.0. The van der Waals surface area contributed by atoms with E-state index in [2.05, 4.69) is 5.32 Å². The maximum atomic E-state index is 13.6. The summed E-state index contributed by atoms with van der Waals surface area (Å²) in [5.41, 5.74) is 6.52. The van der Waals surface area contributed by atoms with E-state index in [-0.39, 0.29) is 29.9 Å². The van der Waals surface area contributed by atoms with Crippen molar-refractivity contribution in [2.45, 2.75) is 33.3 Å². The van der Waals surface area contributed by atoms with Gasteiger partial charge in [0.2, 0.25) is 0 Å². The predicted octanol–water partition coefficient (Wildman–Crippen LogP) is 2.56. The molecule has 0 aliphatic rings. The molecule has 0 heterocycles. The van der Waals surface area contributed by atoms with Crippen molar-refractivity contribution in [1.82, 2.24) is 0 Å². The molecule has 0 aliphatic carbocycles. The summed E-state index contributed by atoms with van der Waals surface area (Å²) in [7, 11) is 0. The summed E-state index contributed by atoms with van der Waals surface area (Å²) >= 11 is 0. The number of halogens is 1. The van der Waals surface area contributed by atoms with Crippen molar-refractivity contribution < 1.29 is 18.7 Å². The lowest BCUT2D eigenvalue weighted by Gasteiger charge is -2.14. The van der Waals surface area contributed by atoms with E-state index in [1.54, 1.807) is 6.92 Å². The minimum absolute atomic E-state index is 0.132. The third-order valence-electron chi connectivity index (χ3n) is 2.42. The van der Waals surface area contributed by atoms with Crippen LogP contribution in [0.5, 0.6) is 5.75 Å². The Labute approximate surface area is 118 Å². The number of carbonyl (C=O) groups excluding carboxylic acids is 1. The summed E-state index contributed by atoms with van der Waals surface area (Å²) < 4.78 is 23.8. The molecule has 0 bridgehead atoms. The van der Waals surface area contributed by atoms with Gasteiger partial charge in [0.05, 0.1) is 30.5 Å². The molecule has 0 spiro atoms. The van der Waals surface area contributed by atoms with Gasteiger partial charge in [0.25, 0.3) is 0 Å². The first-order chi connectivity index (χ1) is 9.43. The van der Waals surface area contributed by atoms with Crippen molar-refractivity contribution >= 4 is 17.3 Å². The number of hydrogen-bond acceptors (Lipinski definition) is 5. The van der Waals surface area contributed by atoms with Crippen LogP contribution in [0, 0.1) is 5.82 Å². The summed E-state index contributed by atoms with van der Waals surface area (Å²) in [4.78, 5) is 11.2. The Hall–Kier alpha value is -1.98. The Morgan fingerprint density at radius 1 is 1.45 bits per heavy atom. The Balaban J connectivity index is 2.67. The number of hydrogen-bond donors (Lipinski definition) is 2. The van der Waals surface area contributed by atoms with Gasteiger partial charge in [0, 0.05) is 18.7 Å². The second-order valence-corrected chi connectivity index (χ2v) is 4.52. The zero-order valence-electron chi connectivity index (χ0n) is 12.0. The minimum Gasteiger partial charge on any atom is -0.488 e. The number of ether oxygens (including phenoxy) is 2. The molecule has 3 N–H and O–H groups in total. The SMILES string of the molecule is CCOC(=O)CCNc1cc(OC(C)C)c(F)cc1N. The van der Waals surface area contributed by atoms with Crippen LogP contribution in [0.25, 0.3) is 0 Å². The third kappa shape index (κ3) is 4.95. The molecule has 1 rings (SSSR count). The van der Waals surface area contributed by atoms with Crippen LogP contribution >= 0.6 is 0 Å². The van der Waals surface area contributed by atoms with E-state index in [0.29, 0.717) is 18.8 Å². The van der Waals surface area contributed by atoms with E-state index in [1.807, 2.05) is 13.8 Å². The largest absolute Gasteiger partial charge is 0.488 e. The average Bonchev–Trinajstić information content (AvgIpc) is 2.34. The molecule has 5 nitrogen and oxygen atoms in total. The summed E-state index contributed by atoms with van der Waals surface area (Å²) in [6.45, 7) is 6.08. The van der Waals surface area contributed by atoms with Crippen molar-refractivity contribution in [3.63, 3.8) is 0 Å². The second-order valence-electron chi connectivity index (χ2n) is 4.52. The fourth-order valence-electron chi connectivity index (χ4n) is 1.60. The number of nitrogens with one attached hydrogen (secondary N) is 1. The first-order valence-corrected chi connectivity index (χ1v) is 6.59. The molecule has 0 unspecified atom stereocenters. The van der Waals surface area contributed by atoms with Gasteiger partial charge in [-0.2, -0.15) is 0 Å². The highest BCUT2D eigenvalue weighted by atomic mass is 19.1. The molecule has 20 heavy (non-hydrogen) atoms. The van der Waals surface area contributed by atoms with Gasteiger partial charge in [-0.15, -0.1) is 0 Å². The van der Waals surface area contributed by atoms with Crippen LogP contribution in [0.2, 0.25) is 0 Å². The van der Waals surface area contributed by atoms with Crippen LogP contribution in [0.15, 0.2) is 12.1 Å². The Morgan fingerprint density at radius 3 is 2.75 bits per heavy atom. The van der Waals surface area contributed by atoms with Crippen molar-refractivity contribution in [3.05, 3.63) is 17.9 Å². The molecular weight excluding hydrogens is 263 g/mol. The van der Waals surface area contributed by atoms with Gasteiger partial charge >= 0.3 is 5.97 Å². The number of carbonyl (C=O) groups is 1. The zero-order chi connectivity index (χ0) is 15.1. The second kappa shape index (κ2) is 7.57. The van der Waals surface area contributed by atoms with Gasteiger partial charge in [-0.05, 0) is 20.8 Å². The Morgan fingerprint density at radius 2 is 2.15 bits per heavy atom. The Kier molecular flexibility index (Phi) is 6.09. The number of benzene rings is 1. The highest BCUT2D eigenvalue weighted by molar-refractivity contribution is 5.72. The molecule has 1 aromatic rings. The topological polar surface area (TPSA) is 73.6 Å². The number of nitrogen functional groups attached to an aromatic ring is 1. The first-order valence-electron chi connectivity index (χ1n) is 6.59. The van der Waals surface area contributed by atoms with E-state index >= 15 is 0 Å². The number of esters is 1. The van der Waals surface area contributed by atoms with Gasteiger partial charge in [-0.25, -0.2) is 4.39 Å². The summed E-state index contributed by atoms with van der Waals surface area (Å²) in [5.74, 6) is -0.667. The minimum atomic E-state index is -0.507. The fourth-order valence-corrected chi connectivity index (χ4v) is 1.60. The smallest absolute Gasteiger partial charge is 0.307 e. The standard InChI is InChI=1S/C14H21FN2O3/c1-4-19-14(18)5-6-17-12-8-13(20-9(2)3)10(15)7-11(12)16/h7-9,17H,4-6,16H2,1-3H3. The molecule has 112 valence electrons. The van der Waals surface area contributed by atoms with E-state index in [1.165, 1.54) is 12.1 Å². The normalized spacial score (nSPS) is 10.4. The van der Waals surface area contributed by atoms with E-state index in [4.69, 9.17) is 15.2 Å². The van der Waals surface area contributed by atoms with Crippen molar-refractivity contribution in [2.24, 2.45) is 0 Å². The van der Waals surface area contributed by atoms with Gasteiger partial charge in [0.15, 0.2) is 11.6 Å². The van der Waals surface area contributed by atoms with Crippen LogP contribution in [-0.4, -0.2) is 25.2 Å². The van der Waals surface area contributed by atoms with Gasteiger partial charge in [-0.1, -0.05) is 0 Å². The van der Waals surface area contributed by atoms with E-state index in [9.17, 15) is 9.18 Å². The Bertz CT molecular complexity index is 464. The third-order valence-corrected chi connectivity index (χ3v) is 2.42. The van der Waals surface area contributed by atoms with E-state index < -0.39 is 5.82 Å². The first kappa shape index (κ1) is 16.1. The lowest BCUT2D eigenvalue weighted by atomic mass is 10.2. The van der Waals surface area contributed by atoms with Crippen molar-refractivity contribution in [1.29, 1.82) is 0 Å². The lowest BCUT2D eigenvalue weighted by Crippen LogP contribution is -2.13. The predicted molar refractivity (Wildman–Crippen MR) is 76.3 cm³/mol. The highest BCUT2D eigenvalue weighted by Gasteiger charge is 2.11. The number of nitrogens with two attached hydrogens (primary N) is 1. The molecule has 6 heteroatoms. The average molecular weight is 284 g/mol. The highest BCUT2D eigenvalue weighted by Crippen LogP contribution is 2.28. The molecule has 1 aromatic carbocycles. The molecule has 0 aliphatic heterocycles. The maximum Gasteiger partial charge on any atom is 0.307 e. The van der Waals surface area contributed by atoms with Crippen molar-refractivity contribution in [2.75, 3.05) is 24.2 Å². The van der Waals surface area contributed by atoms with Crippen molar-refractivity contribution in [3.8, 4) is 5.75 Å². The monoisotopic (exact) mass is 284 g/mol.